The predicted molar refractivity (Wildman–Crippen MR) is 77.5 cm³/mol. The molecule has 4 nitrogen and oxygen atoms in total. The summed E-state index contributed by atoms with van der Waals surface area (Å²) < 4.78 is 7.70. The molecule has 0 spiro atoms. The number of nitrogens with zero attached hydrogens (tertiary/aromatic N) is 2. The minimum absolute atomic E-state index is 0.351. The number of hydrogen-bond acceptors (Lipinski definition) is 4. The molecule has 2 aliphatic rings. The van der Waals surface area contributed by atoms with E-state index < -0.39 is 0 Å². The molecule has 1 aromatic rings. The summed E-state index contributed by atoms with van der Waals surface area (Å²) in [6.07, 6.45) is 4.15. The molecular formula is C14H23N3OS. The fraction of sp³-hybridized carbons (Fsp3) is 0.786. The fourth-order valence-electron chi connectivity index (χ4n) is 2.58. The molecule has 106 valence electrons. The van der Waals surface area contributed by atoms with E-state index in [-0.39, 0.29) is 0 Å². The van der Waals surface area contributed by atoms with E-state index in [1.807, 2.05) is 16.4 Å². The van der Waals surface area contributed by atoms with E-state index in [4.69, 9.17) is 4.74 Å². The van der Waals surface area contributed by atoms with Crippen LogP contribution in [0.2, 0.25) is 0 Å². The molecule has 3 rings (SSSR count). The van der Waals surface area contributed by atoms with Crippen molar-refractivity contribution < 1.29 is 4.74 Å². The molecule has 5 heteroatoms. The minimum Gasteiger partial charge on any atom is -0.377 e. The Balaban J connectivity index is 1.74. The first-order valence-corrected chi connectivity index (χ1v) is 8.07. The summed E-state index contributed by atoms with van der Waals surface area (Å²) in [5.74, 6) is 0. The Bertz CT molecular complexity index is 456. The minimum atomic E-state index is 0.351. The molecule has 0 aromatic carbocycles. The molecule has 2 fully saturated rings. The van der Waals surface area contributed by atoms with Crippen molar-refractivity contribution >= 4 is 11.8 Å². The van der Waals surface area contributed by atoms with Crippen molar-refractivity contribution in [3.8, 4) is 0 Å². The summed E-state index contributed by atoms with van der Waals surface area (Å²) in [5, 5.41) is 10.1. The Hall–Kier alpha value is -0.520. The Morgan fingerprint density at radius 1 is 1.42 bits per heavy atom. The molecule has 0 bridgehead atoms. The van der Waals surface area contributed by atoms with Gasteiger partial charge >= 0.3 is 0 Å². The van der Waals surface area contributed by atoms with Gasteiger partial charge in [-0.25, -0.2) is 0 Å². The first-order valence-electron chi connectivity index (χ1n) is 7.19. The van der Waals surface area contributed by atoms with Crippen LogP contribution in [0.5, 0.6) is 0 Å². The molecule has 1 saturated carbocycles. The van der Waals surface area contributed by atoms with E-state index in [2.05, 4.69) is 31.3 Å². The molecule has 1 aliphatic heterocycles. The van der Waals surface area contributed by atoms with Crippen LogP contribution in [0.4, 0.5) is 0 Å². The van der Waals surface area contributed by atoms with Gasteiger partial charge in [0.05, 0.1) is 16.8 Å². The van der Waals surface area contributed by atoms with Crippen molar-refractivity contribution in [1.82, 2.24) is 15.1 Å². The molecule has 1 N–H and O–H groups in total. The summed E-state index contributed by atoms with van der Waals surface area (Å²) in [6, 6.07) is 0.742. The van der Waals surface area contributed by atoms with E-state index in [0.29, 0.717) is 11.4 Å². The summed E-state index contributed by atoms with van der Waals surface area (Å²) in [5.41, 5.74) is 2.53. The van der Waals surface area contributed by atoms with Gasteiger partial charge in [-0.1, -0.05) is 0 Å². The second-order valence-corrected chi connectivity index (χ2v) is 6.90. The van der Waals surface area contributed by atoms with Gasteiger partial charge in [0, 0.05) is 37.1 Å². The Labute approximate surface area is 119 Å². The third-order valence-electron chi connectivity index (χ3n) is 4.00. The third-order valence-corrected chi connectivity index (χ3v) is 5.66. The van der Waals surface area contributed by atoms with Gasteiger partial charge in [0.1, 0.15) is 0 Å². The highest BCUT2D eigenvalue weighted by Gasteiger charge is 2.28. The lowest BCUT2D eigenvalue weighted by atomic mass is 10.2. The van der Waals surface area contributed by atoms with Crippen LogP contribution in [0.3, 0.4) is 0 Å². The van der Waals surface area contributed by atoms with Crippen LogP contribution in [0, 0.1) is 6.92 Å². The van der Waals surface area contributed by atoms with Crippen LogP contribution < -0.4 is 5.32 Å². The SMILES string of the molecule is Cc1nn(C)c(SC2CCOC2C)c1CNC1CC1. The molecule has 1 aromatic heterocycles. The predicted octanol–water partition coefficient (Wildman–Crippen LogP) is 2.25. The van der Waals surface area contributed by atoms with Crippen molar-refractivity contribution in [3.63, 3.8) is 0 Å². The highest BCUT2D eigenvalue weighted by Crippen LogP contribution is 2.35. The van der Waals surface area contributed by atoms with Gasteiger partial charge in [0.25, 0.3) is 0 Å². The van der Waals surface area contributed by atoms with Gasteiger partial charge in [-0.3, -0.25) is 4.68 Å². The zero-order chi connectivity index (χ0) is 13.4. The highest BCUT2D eigenvalue weighted by molar-refractivity contribution is 8.00. The number of hydrogen-bond donors (Lipinski definition) is 1. The number of nitrogens with one attached hydrogen (secondary N) is 1. The largest absolute Gasteiger partial charge is 0.377 e. The molecule has 0 amide bonds. The van der Waals surface area contributed by atoms with E-state index in [1.54, 1.807) is 0 Å². The molecule has 2 unspecified atom stereocenters. The number of aryl methyl sites for hydroxylation is 2. The number of thioether (sulfide) groups is 1. The van der Waals surface area contributed by atoms with Crippen LogP contribution in [-0.2, 0) is 18.3 Å². The fourth-order valence-corrected chi connectivity index (χ4v) is 3.90. The molecule has 1 aliphatic carbocycles. The Morgan fingerprint density at radius 3 is 2.84 bits per heavy atom. The van der Waals surface area contributed by atoms with Crippen LogP contribution in [0.15, 0.2) is 5.03 Å². The summed E-state index contributed by atoms with van der Waals surface area (Å²) >= 11 is 1.94. The molecule has 2 atom stereocenters. The van der Waals surface area contributed by atoms with E-state index >= 15 is 0 Å². The number of rotatable bonds is 5. The molecular weight excluding hydrogens is 258 g/mol. The molecule has 0 radical (unpaired) electrons. The maximum absolute atomic E-state index is 5.67. The zero-order valence-corrected chi connectivity index (χ0v) is 12.8. The quantitative estimate of drug-likeness (QED) is 0.898. The van der Waals surface area contributed by atoms with Gasteiger partial charge in [-0.05, 0) is 33.1 Å². The second kappa shape index (κ2) is 5.46. The Kier molecular flexibility index (Phi) is 3.87. The maximum Gasteiger partial charge on any atom is 0.0988 e. The van der Waals surface area contributed by atoms with Gasteiger partial charge in [0.15, 0.2) is 0 Å². The van der Waals surface area contributed by atoms with Crippen molar-refractivity contribution in [1.29, 1.82) is 0 Å². The normalized spacial score (nSPS) is 27.1. The average Bonchev–Trinajstić information content (AvgIpc) is 3.05. The van der Waals surface area contributed by atoms with Crippen LogP contribution in [-0.4, -0.2) is 33.8 Å². The average molecular weight is 281 g/mol. The summed E-state index contributed by atoms with van der Waals surface area (Å²) in [7, 11) is 2.05. The van der Waals surface area contributed by atoms with Gasteiger partial charge in [-0.2, -0.15) is 5.10 Å². The van der Waals surface area contributed by atoms with E-state index in [1.165, 1.54) is 23.4 Å². The smallest absolute Gasteiger partial charge is 0.0988 e. The van der Waals surface area contributed by atoms with Crippen molar-refractivity contribution in [3.05, 3.63) is 11.3 Å². The van der Waals surface area contributed by atoms with Gasteiger partial charge in [-0.15, -0.1) is 11.8 Å². The van der Waals surface area contributed by atoms with Crippen molar-refractivity contribution in [2.75, 3.05) is 6.61 Å². The third kappa shape index (κ3) is 2.98. The lowest BCUT2D eigenvalue weighted by Gasteiger charge is -2.15. The lowest BCUT2D eigenvalue weighted by molar-refractivity contribution is 0.127. The first-order chi connectivity index (χ1) is 9.15. The second-order valence-electron chi connectivity index (χ2n) is 5.67. The van der Waals surface area contributed by atoms with Crippen molar-refractivity contribution in [2.24, 2.45) is 7.05 Å². The van der Waals surface area contributed by atoms with Gasteiger partial charge in [0.2, 0.25) is 0 Å². The lowest BCUT2D eigenvalue weighted by Crippen LogP contribution is -2.18. The summed E-state index contributed by atoms with van der Waals surface area (Å²) in [4.78, 5) is 0. The highest BCUT2D eigenvalue weighted by atomic mass is 32.2. The number of aromatic nitrogens is 2. The molecule has 2 heterocycles. The molecule has 19 heavy (non-hydrogen) atoms. The first kappa shape index (κ1) is 13.5. The monoisotopic (exact) mass is 281 g/mol. The summed E-state index contributed by atoms with van der Waals surface area (Å²) in [6.45, 7) is 6.14. The van der Waals surface area contributed by atoms with Crippen LogP contribution in [0.1, 0.15) is 37.4 Å². The molecule has 1 saturated heterocycles. The Morgan fingerprint density at radius 2 is 2.21 bits per heavy atom. The van der Waals surface area contributed by atoms with Gasteiger partial charge < -0.3 is 10.1 Å². The zero-order valence-electron chi connectivity index (χ0n) is 12.0. The van der Waals surface area contributed by atoms with E-state index in [9.17, 15) is 0 Å². The van der Waals surface area contributed by atoms with Crippen LogP contribution in [0.25, 0.3) is 0 Å². The topological polar surface area (TPSA) is 39.1 Å². The van der Waals surface area contributed by atoms with Crippen molar-refractivity contribution in [2.45, 2.75) is 62.1 Å². The number of ether oxygens (including phenoxy) is 1. The van der Waals surface area contributed by atoms with E-state index in [0.717, 1.165) is 31.3 Å². The maximum atomic E-state index is 5.67. The standard InChI is InChI=1S/C14H23N3OS/c1-9-12(8-15-11-4-5-11)14(17(3)16-9)19-13-6-7-18-10(13)2/h10-11,13,15H,4-8H2,1-3H3. The van der Waals surface area contributed by atoms with Crippen LogP contribution >= 0.6 is 11.8 Å².